The van der Waals surface area contributed by atoms with Crippen LogP contribution in [0.15, 0.2) is 17.6 Å². The molecule has 1 rings (SSSR count). The second kappa shape index (κ2) is 5.11. The molecule has 0 aromatic carbocycles. The largest absolute Gasteiger partial charge is 0.305 e. The number of halogens is 1. The van der Waals surface area contributed by atoms with E-state index in [9.17, 15) is 10.1 Å². The molecule has 76 valence electrons. The zero-order chi connectivity index (χ0) is 10.6. The van der Waals surface area contributed by atoms with Crippen molar-refractivity contribution in [2.75, 3.05) is 5.88 Å². The molecule has 1 aromatic heterocycles. The van der Waals surface area contributed by atoms with E-state index in [0.29, 0.717) is 11.0 Å². The number of thioether (sulfide) groups is 1. The van der Waals surface area contributed by atoms with E-state index in [1.807, 2.05) is 6.92 Å². The van der Waals surface area contributed by atoms with Crippen LogP contribution in [0.2, 0.25) is 0 Å². The van der Waals surface area contributed by atoms with Crippen molar-refractivity contribution >= 4 is 29.1 Å². The summed E-state index contributed by atoms with van der Waals surface area (Å²) in [5, 5.41) is 11.0. The molecular formula is C7H8ClN3O2S. The summed E-state index contributed by atoms with van der Waals surface area (Å²) in [6, 6.07) is 0. The van der Waals surface area contributed by atoms with E-state index in [-0.39, 0.29) is 10.9 Å². The number of alkyl halides is 1. The van der Waals surface area contributed by atoms with Crippen LogP contribution in [0.4, 0.5) is 5.69 Å². The Balaban J connectivity index is 2.68. The average molecular weight is 234 g/mol. The van der Waals surface area contributed by atoms with Gasteiger partial charge in [0.05, 0.1) is 4.92 Å². The van der Waals surface area contributed by atoms with Gasteiger partial charge < -0.3 is 0 Å². The molecule has 1 heterocycles. The Bertz CT molecular complexity index is 319. The molecule has 0 bridgehead atoms. The molecule has 0 aliphatic heterocycles. The van der Waals surface area contributed by atoms with Gasteiger partial charge in [-0.25, -0.2) is 9.97 Å². The monoisotopic (exact) mass is 233 g/mol. The van der Waals surface area contributed by atoms with Crippen molar-refractivity contribution in [3.8, 4) is 0 Å². The highest BCUT2D eigenvalue weighted by Gasteiger charge is 2.09. The number of rotatable bonds is 4. The summed E-state index contributed by atoms with van der Waals surface area (Å²) < 4.78 is 0. The summed E-state index contributed by atoms with van der Waals surface area (Å²) in [4.78, 5) is 17.4. The standard InChI is InChI=1S/C7H8ClN3O2S/c1-5(2-8)14-7-9-3-6(4-10-7)11(12)13/h3-5H,2H2,1H3. The molecule has 0 amide bonds. The minimum atomic E-state index is -0.528. The van der Waals surface area contributed by atoms with E-state index < -0.39 is 4.92 Å². The third kappa shape index (κ3) is 3.12. The van der Waals surface area contributed by atoms with Gasteiger partial charge >= 0.3 is 5.69 Å². The van der Waals surface area contributed by atoms with E-state index in [4.69, 9.17) is 11.6 Å². The van der Waals surface area contributed by atoms with Crippen LogP contribution in [0.25, 0.3) is 0 Å². The summed E-state index contributed by atoms with van der Waals surface area (Å²) in [5.41, 5.74) is -0.104. The summed E-state index contributed by atoms with van der Waals surface area (Å²) in [6.07, 6.45) is 2.38. The summed E-state index contributed by atoms with van der Waals surface area (Å²) in [6.45, 7) is 1.93. The second-order valence-corrected chi connectivity index (χ2v) is 4.28. The van der Waals surface area contributed by atoms with Crippen LogP contribution in [0.5, 0.6) is 0 Å². The number of nitro groups is 1. The van der Waals surface area contributed by atoms with Gasteiger partial charge in [-0.15, -0.1) is 11.6 Å². The molecule has 0 saturated carbocycles. The Morgan fingerprint density at radius 3 is 2.64 bits per heavy atom. The lowest BCUT2D eigenvalue weighted by Crippen LogP contribution is -1.99. The van der Waals surface area contributed by atoms with Gasteiger partial charge in [-0.2, -0.15) is 0 Å². The van der Waals surface area contributed by atoms with E-state index >= 15 is 0 Å². The van der Waals surface area contributed by atoms with Crippen molar-refractivity contribution in [2.45, 2.75) is 17.3 Å². The lowest BCUT2D eigenvalue weighted by Gasteiger charge is -2.03. The third-order valence-electron chi connectivity index (χ3n) is 1.35. The van der Waals surface area contributed by atoms with Crippen molar-refractivity contribution in [3.63, 3.8) is 0 Å². The molecule has 0 N–H and O–H groups in total. The van der Waals surface area contributed by atoms with Crippen LogP contribution in [0.1, 0.15) is 6.92 Å². The first kappa shape index (κ1) is 11.2. The van der Waals surface area contributed by atoms with Crippen molar-refractivity contribution < 1.29 is 4.92 Å². The average Bonchev–Trinajstić information content (AvgIpc) is 2.18. The topological polar surface area (TPSA) is 68.9 Å². The van der Waals surface area contributed by atoms with Gasteiger partial charge in [0, 0.05) is 11.1 Å². The van der Waals surface area contributed by atoms with Gasteiger partial charge in [0.15, 0.2) is 5.16 Å². The first-order valence-electron chi connectivity index (χ1n) is 3.82. The van der Waals surface area contributed by atoms with Crippen LogP contribution >= 0.6 is 23.4 Å². The second-order valence-electron chi connectivity index (χ2n) is 2.56. The summed E-state index contributed by atoms with van der Waals surface area (Å²) in [5.74, 6) is 0.491. The summed E-state index contributed by atoms with van der Waals surface area (Å²) >= 11 is 6.99. The first-order valence-corrected chi connectivity index (χ1v) is 5.24. The normalized spacial score (nSPS) is 12.4. The molecule has 1 unspecified atom stereocenters. The van der Waals surface area contributed by atoms with Crippen LogP contribution in [-0.4, -0.2) is 26.0 Å². The molecule has 0 aliphatic carbocycles. The van der Waals surface area contributed by atoms with Crippen molar-refractivity contribution in [1.29, 1.82) is 0 Å². The SMILES string of the molecule is CC(CCl)Sc1ncc([N+](=O)[O-])cn1. The van der Waals surface area contributed by atoms with E-state index in [0.717, 1.165) is 0 Å². The fraction of sp³-hybridized carbons (Fsp3) is 0.429. The molecule has 14 heavy (non-hydrogen) atoms. The molecule has 1 atom stereocenters. The maximum absolute atomic E-state index is 10.3. The maximum Gasteiger partial charge on any atom is 0.305 e. The smallest absolute Gasteiger partial charge is 0.258 e. The maximum atomic E-state index is 10.3. The Labute approximate surface area is 90.0 Å². The molecule has 0 fully saturated rings. The Morgan fingerprint density at radius 1 is 1.64 bits per heavy atom. The number of nitrogens with zero attached hydrogens (tertiary/aromatic N) is 3. The Morgan fingerprint density at radius 2 is 2.21 bits per heavy atom. The molecule has 0 radical (unpaired) electrons. The highest BCUT2D eigenvalue weighted by molar-refractivity contribution is 7.99. The first-order chi connectivity index (χ1) is 6.63. The minimum Gasteiger partial charge on any atom is -0.258 e. The predicted molar refractivity (Wildman–Crippen MR) is 54.7 cm³/mol. The van der Waals surface area contributed by atoms with Gasteiger partial charge in [-0.3, -0.25) is 10.1 Å². The van der Waals surface area contributed by atoms with Crippen molar-refractivity contribution in [1.82, 2.24) is 9.97 Å². The van der Waals surface area contributed by atoms with Crippen LogP contribution in [0, 0.1) is 10.1 Å². The van der Waals surface area contributed by atoms with E-state index in [2.05, 4.69) is 9.97 Å². The van der Waals surface area contributed by atoms with Crippen molar-refractivity contribution in [3.05, 3.63) is 22.5 Å². The van der Waals surface area contributed by atoms with Crippen LogP contribution in [-0.2, 0) is 0 Å². The number of aromatic nitrogens is 2. The van der Waals surface area contributed by atoms with Gasteiger partial charge in [-0.1, -0.05) is 18.7 Å². The fourth-order valence-corrected chi connectivity index (χ4v) is 1.51. The van der Waals surface area contributed by atoms with Gasteiger partial charge in [0.25, 0.3) is 0 Å². The third-order valence-corrected chi connectivity index (χ3v) is 2.99. The lowest BCUT2D eigenvalue weighted by atomic mass is 10.6. The Hall–Kier alpha value is -0.880. The Kier molecular flexibility index (Phi) is 4.09. The molecular weight excluding hydrogens is 226 g/mol. The molecule has 0 saturated heterocycles. The number of hydrogen-bond acceptors (Lipinski definition) is 5. The zero-order valence-corrected chi connectivity index (χ0v) is 8.96. The fourth-order valence-electron chi connectivity index (χ4n) is 0.676. The zero-order valence-electron chi connectivity index (χ0n) is 7.38. The number of hydrogen-bond donors (Lipinski definition) is 0. The molecule has 1 aromatic rings. The summed E-state index contributed by atoms with van der Waals surface area (Å²) in [7, 11) is 0. The van der Waals surface area contributed by atoms with Gasteiger partial charge in [0.1, 0.15) is 12.4 Å². The van der Waals surface area contributed by atoms with Crippen molar-refractivity contribution in [2.24, 2.45) is 0 Å². The van der Waals surface area contributed by atoms with E-state index in [1.165, 1.54) is 24.2 Å². The van der Waals surface area contributed by atoms with Crippen LogP contribution < -0.4 is 0 Å². The minimum absolute atomic E-state index is 0.104. The highest BCUT2D eigenvalue weighted by Crippen LogP contribution is 2.20. The predicted octanol–water partition coefficient (Wildman–Crippen LogP) is 2.10. The van der Waals surface area contributed by atoms with Gasteiger partial charge in [0.2, 0.25) is 0 Å². The highest BCUT2D eigenvalue weighted by atomic mass is 35.5. The van der Waals surface area contributed by atoms with E-state index in [1.54, 1.807) is 0 Å². The molecule has 0 spiro atoms. The molecule has 7 heteroatoms. The van der Waals surface area contributed by atoms with Gasteiger partial charge in [-0.05, 0) is 0 Å². The molecule has 0 aliphatic rings. The molecule has 5 nitrogen and oxygen atoms in total. The van der Waals surface area contributed by atoms with Crippen LogP contribution in [0.3, 0.4) is 0 Å². The quantitative estimate of drug-likeness (QED) is 0.262. The lowest BCUT2D eigenvalue weighted by molar-refractivity contribution is -0.385.